The number of nitrogens with zero attached hydrogens (tertiary/aromatic N) is 4. The summed E-state index contributed by atoms with van der Waals surface area (Å²) >= 11 is 0. The highest BCUT2D eigenvalue weighted by atomic mass is 15.3. The second-order valence-electron chi connectivity index (χ2n) is 5.02. The fraction of sp³-hybridized carbons (Fsp3) is 0.176. The Balaban J connectivity index is 1.81. The van der Waals surface area contributed by atoms with E-state index in [1.165, 1.54) is 0 Å². The van der Waals surface area contributed by atoms with Crippen LogP contribution in [-0.4, -0.2) is 18.6 Å². The van der Waals surface area contributed by atoms with Gasteiger partial charge in [0.15, 0.2) is 0 Å². The summed E-state index contributed by atoms with van der Waals surface area (Å²) in [6, 6.07) is 20.5. The van der Waals surface area contributed by atoms with Gasteiger partial charge in [-0.25, -0.2) is 0 Å². The average molecular weight is 276 g/mol. The Bertz CT molecular complexity index is 660. The molecule has 4 heteroatoms. The molecule has 1 saturated heterocycles. The molecule has 0 unspecified atom stereocenters. The summed E-state index contributed by atoms with van der Waals surface area (Å²) in [5, 5.41) is 3.89. The van der Waals surface area contributed by atoms with Crippen LogP contribution in [0, 0.1) is 0 Å². The number of para-hydroxylation sites is 1. The molecule has 4 nitrogen and oxygen atoms in total. The number of rotatable bonds is 4. The van der Waals surface area contributed by atoms with Crippen LogP contribution in [0.3, 0.4) is 0 Å². The minimum Gasteiger partial charge on any atom is -0.364 e. The third kappa shape index (κ3) is 2.91. The standard InChI is InChI=1S/C17H16N4/c18-20-19-16-13-21(15-9-5-2-6-10-15)17(16)12-11-14-7-3-1-4-8-14/h1-12,16-17H,13H2/b12-11+/t16-,17+/m0/s1. The van der Waals surface area contributed by atoms with Crippen LogP contribution < -0.4 is 4.90 Å². The minimum absolute atomic E-state index is 0.00447. The van der Waals surface area contributed by atoms with Gasteiger partial charge in [-0.1, -0.05) is 65.8 Å². The Morgan fingerprint density at radius 2 is 1.71 bits per heavy atom. The maximum absolute atomic E-state index is 8.68. The molecular weight excluding hydrogens is 260 g/mol. The third-order valence-corrected chi connectivity index (χ3v) is 3.71. The summed E-state index contributed by atoms with van der Waals surface area (Å²) in [6.45, 7) is 0.762. The lowest BCUT2D eigenvalue weighted by atomic mass is 9.94. The van der Waals surface area contributed by atoms with Gasteiger partial charge in [0.2, 0.25) is 0 Å². The summed E-state index contributed by atoms with van der Waals surface area (Å²) < 4.78 is 0. The topological polar surface area (TPSA) is 52.0 Å². The smallest absolute Gasteiger partial charge is 0.0789 e. The van der Waals surface area contributed by atoms with E-state index in [-0.39, 0.29) is 12.1 Å². The molecule has 0 bridgehead atoms. The van der Waals surface area contributed by atoms with Crippen LogP contribution in [0.1, 0.15) is 5.56 Å². The first-order valence-electron chi connectivity index (χ1n) is 6.97. The molecule has 2 aromatic rings. The Kier molecular flexibility index (Phi) is 3.90. The second kappa shape index (κ2) is 6.16. The molecule has 0 amide bonds. The van der Waals surface area contributed by atoms with Crippen LogP contribution in [0.15, 0.2) is 71.9 Å². The minimum atomic E-state index is -0.00447. The van der Waals surface area contributed by atoms with Crippen LogP contribution >= 0.6 is 0 Å². The van der Waals surface area contributed by atoms with E-state index < -0.39 is 0 Å². The molecule has 0 saturated carbocycles. The molecule has 1 aliphatic heterocycles. The van der Waals surface area contributed by atoms with Crippen molar-refractivity contribution < 1.29 is 0 Å². The first kappa shape index (κ1) is 13.3. The Hall–Kier alpha value is -2.71. The Labute approximate surface area is 124 Å². The van der Waals surface area contributed by atoms with E-state index in [1.54, 1.807) is 0 Å². The van der Waals surface area contributed by atoms with Crippen molar-refractivity contribution in [3.63, 3.8) is 0 Å². The van der Waals surface area contributed by atoms with Gasteiger partial charge in [0, 0.05) is 17.1 Å². The quantitative estimate of drug-likeness (QED) is 0.467. The van der Waals surface area contributed by atoms with E-state index in [9.17, 15) is 0 Å². The van der Waals surface area contributed by atoms with E-state index in [0.29, 0.717) is 0 Å². The van der Waals surface area contributed by atoms with Gasteiger partial charge in [-0.3, -0.25) is 0 Å². The molecule has 2 aromatic carbocycles. The summed E-state index contributed by atoms with van der Waals surface area (Å²) in [4.78, 5) is 5.20. The van der Waals surface area contributed by atoms with Crippen LogP contribution in [0.2, 0.25) is 0 Å². The SMILES string of the molecule is [N-]=[N+]=N[C@H]1CN(c2ccccc2)[C@@H]1/C=C/c1ccccc1. The van der Waals surface area contributed by atoms with Crippen LogP contribution in [0.4, 0.5) is 5.69 Å². The second-order valence-corrected chi connectivity index (χ2v) is 5.02. The maximum atomic E-state index is 8.68. The van der Waals surface area contributed by atoms with Crippen molar-refractivity contribution in [1.82, 2.24) is 0 Å². The first-order chi connectivity index (χ1) is 10.4. The summed E-state index contributed by atoms with van der Waals surface area (Å²) in [7, 11) is 0. The van der Waals surface area contributed by atoms with Gasteiger partial charge in [0.1, 0.15) is 0 Å². The molecule has 0 aromatic heterocycles. The van der Waals surface area contributed by atoms with Crippen LogP contribution in [0.5, 0.6) is 0 Å². The highest BCUT2D eigenvalue weighted by molar-refractivity contribution is 5.57. The van der Waals surface area contributed by atoms with Crippen molar-refractivity contribution in [1.29, 1.82) is 0 Å². The van der Waals surface area contributed by atoms with Gasteiger partial charge in [-0.05, 0) is 23.2 Å². The van der Waals surface area contributed by atoms with Crippen molar-refractivity contribution in [2.45, 2.75) is 12.1 Å². The fourth-order valence-corrected chi connectivity index (χ4v) is 2.58. The van der Waals surface area contributed by atoms with E-state index >= 15 is 0 Å². The van der Waals surface area contributed by atoms with E-state index in [4.69, 9.17) is 5.53 Å². The van der Waals surface area contributed by atoms with E-state index in [0.717, 1.165) is 17.8 Å². The maximum Gasteiger partial charge on any atom is 0.0789 e. The molecular formula is C17H16N4. The van der Waals surface area contributed by atoms with Crippen molar-refractivity contribution in [3.05, 3.63) is 82.7 Å². The molecule has 21 heavy (non-hydrogen) atoms. The molecule has 0 spiro atoms. The zero-order valence-electron chi connectivity index (χ0n) is 11.6. The Morgan fingerprint density at radius 1 is 1.05 bits per heavy atom. The highest BCUT2D eigenvalue weighted by Gasteiger charge is 2.36. The van der Waals surface area contributed by atoms with E-state index in [2.05, 4.69) is 51.3 Å². The number of anilines is 1. The Morgan fingerprint density at radius 3 is 2.38 bits per heavy atom. The largest absolute Gasteiger partial charge is 0.364 e. The summed E-state index contributed by atoms with van der Waals surface area (Å²) in [5.41, 5.74) is 11.0. The van der Waals surface area contributed by atoms with Gasteiger partial charge in [0.25, 0.3) is 0 Å². The highest BCUT2D eigenvalue weighted by Crippen LogP contribution is 2.30. The molecule has 1 fully saturated rings. The molecule has 104 valence electrons. The van der Waals surface area contributed by atoms with Gasteiger partial charge >= 0.3 is 0 Å². The van der Waals surface area contributed by atoms with Crippen LogP contribution in [0.25, 0.3) is 16.5 Å². The molecule has 2 atom stereocenters. The number of benzene rings is 2. The molecule has 0 N–H and O–H groups in total. The lowest BCUT2D eigenvalue weighted by Crippen LogP contribution is -2.58. The number of hydrogen-bond acceptors (Lipinski definition) is 2. The van der Waals surface area contributed by atoms with Crippen molar-refractivity contribution in [2.75, 3.05) is 11.4 Å². The zero-order chi connectivity index (χ0) is 14.5. The molecule has 1 aliphatic rings. The molecule has 0 aliphatic carbocycles. The fourth-order valence-electron chi connectivity index (χ4n) is 2.58. The lowest BCUT2D eigenvalue weighted by Gasteiger charge is -2.46. The number of hydrogen-bond donors (Lipinski definition) is 0. The molecule has 3 rings (SSSR count). The summed E-state index contributed by atoms with van der Waals surface area (Å²) in [5.74, 6) is 0. The van der Waals surface area contributed by atoms with Crippen molar-refractivity contribution in [3.8, 4) is 0 Å². The monoisotopic (exact) mass is 276 g/mol. The number of azide groups is 1. The zero-order valence-corrected chi connectivity index (χ0v) is 11.6. The van der Waals surface area contributed by atoms with Crippen molar-refractivity contribution in [2.24, 2.45) is 5.11 Å². The molecule has 0 radical (unpaired) electrons. The van der Waals surface area contributed by atoms with Crippen LogP contribution in [-0.2, 0) is 0 Å². The van der Waals surface area contributed by atoms with Gasteiger partial charge in [0.05, 0.1) is 12.1 Å². The average Bonchev–Trinajstić information content (AvgIpc) is 2.53. The van der Waals surface area contributed by atoms with Gasteiger partial charge in [-0.15, -0.1) is 0 Å². The third-order valence-electron chi connectivity index (χ3n) is 3.71. The predicted molar refractivity (Wildman–Crippen MR) is 86.0 cm³/mol. The van der Waals surface area contributed by atoms with Gasteiger partial charge in [-0.2, -0.15) is 0 Å². The summed E-state index contributed by atoms with van der Waals surface area (Å²) in [6.07, 6.45) is 4.20. The van der Waals surface area contributed by atoms with Crippen molar-refractivity contribution >= 4 is 11.8 Å². The predicted octanol–water partition coefficient (Wildman–Crippen LogP) is 4.27. The molecule has 1 heterocycles. The normalized spacial score (nSPS) is 20.9. The first-order valence-corrected chi connectivity index (χ1v) is 6.97. The van der Waals surface area contributed by atoms with Gasteiger partial charge < -0.3 is 4.90 Å². The van der Waals surface area contributed by atoms with E-state index in [1.807, 2.05) is 36.4 Å². The lowest BCUT2D eigenvalue weighted by molar-refractivity contribution is 0.439.